The molecule has 1 saturated heterocycles. The van der Waals surface area contributed by atoms with Crippen molar-refractivity contribution < 1.29 is 14.3 Å². The quantitative estimate of drug-likeness (QED) is 0.827. The standard InChI is InChI=1S/C23H27NO3/c1-16-7-8-17(2)22(13-16)27-20-9-11-24(12-10-20)23(25)19-14-18-5-3-4-6-21(18)26-15-19/h3-8,13,19-20H,9-12,14-15H2,1-2H3. The van der Waals surface area contributed by atoms with Crippen LogP contribution in [-0.4, -0.2) is 36.6 Å². The molecule has 2 heterocycles. The molecule has 0 spiro atoms. The summed E-state index contributed by atoms with van der Waals surface area (Å²) in [4.78, 5) is 14.9. The summed E-state index contributed by atoms with van der Waals surface area (Å²) in [6, 6.07) is 14.3. The molecular weight excluding hydrogens is 338 g/mol. The van der Waals surface area contributed by atoms with E-state index in [0.29, 0.717) is 6.61 Å². The molecule has 1 fully saturated rings. The molecule has 2 aliphatic rings. The van der Waals surface area contributed by atoms with Crippen molar-refractivity contribution in [2.75, 3.05) is 19.7 Å². The molecule has 0 aliphatic carbocycles. The van der Waals surface area contributed by atoms with Gasteiger partial charge < -0.3 is 14.4 Å². The third-order valence-corrected chi connectivity index (χ3v) is 5.62. The molecule has 27 heavy (non-hydrogen) atoms. The van der Waals surface area contributed by atoms with E-state index in [1.54, 1.807) is 0 Å². The number of para-hydroxylation sites is 1. The summed E-state index contributed by atoms with van der Waals surface area (Å²) in [6.45, 7) is 6.15. The number of likely N-dealkylation sites (tertiary alicyclic amines) is 1. The Morgan fingerprint density at radius 1 is 1.11 bits per heavy atom. The molecule has 2 aliphatic heterocycles. The van der Waals surface area contributed by atoms with E-state index in [-0.39, 0.29) is 17.9 Å². The summed E-state index contributed by atoms with van der Waals surface area (Å²) in [6.07, 6.45) is 2.71. The smallest absolute Gasteiger partial charge is 0.229 e. The molecule has 2 aromatic rings. The highest BCUT2D eigenvalue weighted by Crippen LogP contribution is 2.29. The van der Waals surface area contributed by atoms with Gasteiger partial charge in [-0.2, -0.15) is 0 Å². The van der Waals surface area contributed by atoms with Crippen LogP contribution in [0.2, 0.25) is 0 Å². The predicted octanol–water partition coefficient (Wildman–Crippen LogP) is 3.92. The van der Waals surface area contributed by atoms with Crippen LogP contribution in [0.3, 0.4) is 0 Å². The Kier molecular flexibility index (Phi) is 5.06. The maximum atomic E-state index is 12.9. The van der Waals surface area contributed by atoms with Gasteiger partial charge in [-0.25, -0.2) is 0 Å². The number of ether oxygens (including phenoxy) is 2. The van der Waals surface area contributed by atoms with Crippen LogP contribution < -0.4 is 9.47 Å². The Morgan fingerprint density at radius 3 is 2.70 bits per heavy atom. The van der Waals surface area contributed by atoms with Crippen LogP contribution in [-0.2, 0) is 11.2 Å². The summed E-state index contributed by atoms with van der Waals surface area (Å²) >= 11 is 0. The second-order valence-corrected chi connectivity index (χ2v) is 7.73. The third kappa shape index (κ3) is 3.95. The summed E-state index contributed by atoms with van der Waals surface area (Å²) in [5.74, 6) is 2.03. The molecule has 0 aromatic heterocycles. The Bertz CT molecular complexity index is 824. The first-order valence-corrected chi connectivity index (χ1v) is 9.83. The fourth-order valence-electron chi connectivity index (χ4n) is 3.95. The minimum Gasteiger partial charge on any atom is -0.492 e. The van der Waals surface area contributed by atoms with Crippen molar-refractivity contribution in [1.82, 2.24) is 4.90 Å². The van der Waals surface area contributed by atoms with E-state index >= 15 is 0 Å². The van der Waals surface area contributed by atoms with Gasteiger partial charge in [0.25, 0.3) is 0 Å². The molecule has 1 unspecified atom stereocenters. The van der Waals surface area contributed by atoms with Crippen LogP contribution in [0.5, 0.6) is 11.5 Å². The van der Waals surface area contributed by atoms with Gasteiger partial charge in [-0.05, 0) is 49.1 Å². The first-order valence-electron chi connectivity index (χ1n) is 9.83. The minimum absolute atomic E-state index is 0.0728. The lowest BCUT2D eigenvalue weighted by Gasteiger charge is -2.35. The lowest BCUT2D eigenvalue weighted by Crippen LogP contribution is -2.46. The second-order valence-electron chi connectivity index (χ2n) is 7.73. The molecule has 4 nitrogen and oxygen atoms in total. The number of carbonyl (C=O) groups excluding carboxylic acids is 1. The number of fused-ring (bicyclic) bond motifs is 1. The second kappa shape index (κ2) is 7.63. The first kappa shape index (κ1) is 17.9. The Labute approximate surface area is 161 Å². The highest BCUT2D eigenvalue weighted by molar-refractivity contribution is 5.80. The van der Waals surface area contributed by atoms with Crippen LogP contribution in [0.1, 0.15) is 29.5 Å². The van der Waals surface area contributed by atoms with Crippen LogP contribution in [0.25, 0.3) is 0 Å². The average molecular weight is 365 g/mol. The zero-order valence-corrected chi connectivity index (χ0v) is 16.1. The van der Waals surface area contributed by atoms with Crippen molar-refractivity contribution in [3.05, 3.63) is 59.2 Å². The van der Waals surface area contributed by atoms with Crippen molar-refractivity contribution in [3.63, 3.8) is 0 Å². The average Bonchev–Trinajstić information content (AvgIpc) is 2.70. The van der Waals surface area contributed by atoms with E-state index < -0.39 is 0 Å². The van der Waals surface area contributed by atoms with E-state index in [0.717, 1.165) is 55.0 Å². The number of benzene rings is 2. The van der Waals surface area contributed by atoms with Gasteiger partial charge in [-0.3, -0.25) is 4.79 Å². The molecule has 0 bridgehead atoms. The molecule has 0 N–H and O–H groups in total. The lowest BCUT2D eigenvalue weighted by atomic mass is 9.94. The van der Waals surface area contributed by atoms with E-state index in [2.05, 4.69) is 38.1 Å². The van der Waals surface area contributed by atoms with Gasteiger partial charge in [-0.1, -0.05) is 30.3 Å². The van der Waals surface area contributed by atoms with Crippen molar-refractivity contribution in [3.8, 4) is 11.5 Å². The van der Waals surface area contributed by atoms with Crippen molar-refractivity contribution in [2.24, 2.45) is 5.92 Å². The van der Waals surface area contributed by atoms with Gasteiger partial charge >= 0.3 is 0 Å². The fraction of sp³-hybridized carbons (Fsp3) is 0.435. The van der Waals surface area contributed by atoms with E-state index in [1.807, 2.05) is 23.1 Å². The number of hydrogen-bond acceptors (Lipinski definition) is 3. The molecule has 142 valence electrons. The van der Waals surface area contributed by atoms with E-state index in [4.69, 9.17) is 9.47 Å². The first-order chi connectivity index (χ1) is 13.1. The maximum Gasteiger partial charge on any atom is 0.229 e. The summed E-state index contributed by atoms with van der Waals surface area (Å²) in [7, 11) is 0. The summed E-state index contributed by atoms with van der Waals surface area (Å²) < 4.78 is 12.0. The molecule has 0 radical (unpaired) electrons. The van der Waals surface area contributed by atoms with Crippen LogP contribution in [0.15, 0.2) is 42.5 Å². The maximum absolute atomic E-state index is 12.9. The van der Waals surface area contributed by atoms with Gasteiger partial charge in [0.1, 0.15) is 24.2 Å². The van der Waals surface area contributed by atoms with Crippen LogP contribution in [0.4, 0.5) is 0 Å². The van der Waals surface area contributed by atoms with Gasteiger partial charge in [0.2, 0.25) is 5.91 Å². The number of rotatable bonds is 3. The molecule has 4 heteroatoms. The Hall–Kier alpha value is -2.49. The van der Waals surface area contributed by atoms with Crippen LogP contribution in [0, 0.1) is 19.8 Å². The number of piperidine rings is 1. The Morgan fingerprint density at radius 2 is 1.89 bits per heavy atom. The molecule has 0 saturated carbocycles. The van der Waals surface area contributed by atoms with Gasteiger partial charge in [0.15, 0.2) is 0 Å². The van der Waals surface area contributed by atoms with E-state index in [9.17, 15) is 4.79 Å². The number of aryl methyl sites for hydroxylation is 2. The number of carbonyl (C=O) groups is 1. The highest BCUT2D eigenvalue weighted by Gasteiger charge is 2.32. The summed E-state index contributed by atoms with van der Waals surface area (Å²) in [5.41, 5.74) is 3.51. The number of nitrogens with zero attached hydrogens (tertiary/aromatic N) is 1. The molecular formula is C23H27NO3. The third-order valence-electron chi connectivity index (χ3n) is 5.62. The zero-order chi connectivity index (χ0) is 18.8. The SMILES string of the molecule is Cc1ccc(C)c(OC2CCN(C(=O)C3COc4ccccc4C3)CC2)c1. The number of hydrogen-bond donors (Lipinski definition) is 0. The van der Waals surface area contributed by atoms with Gasteiger partial charge in [0.05, 0.1) is 5.92 Å². The Balaban J connectivity index is 1.33. The molecule has 2 aromatic carbocycles. The molecule has 1 atom stereocenters. The van der Waals surface area contributed by atoms with Crippen LogP contribution >= 0.6 is 0 Å². The highest BCUT2D eigenvalue weighted by atomic mass is 16.5. The van der Waals surface area contributed by atoms with Gasteiger partial charge in [-0.15, -0.1) is 0 Å². The van der Waals surface area contributed by atoms with Crippen molar-refractivity contribution in [1.29, 1.82) is 0 Å². The molecule has 1 amide bonds. The largest absolute Gasteiger partial charge is 0.492 e. The minimum atomic E-state index is -0.0728. The topological polar surface area (TPSA) is 38.8 Å². The predicted molar refractivity (Wildman–Crippen MR) is 105 cm³/mol. The zero-order valence-electron chi connectivity index (χ0n) is 16.1. The van der Waals surface area contributed by atoms with Gasteiger partial charge in [0, 0.05) is 25.9 Å². The lowest BCUT2D eigenvalue weighted by molar-refractivity contribution is -0.138. The molecule has 4 rings (SSSR count). The number of amides is 1. The van der Waals surface area contributed by atoms with E-state index in [1.165, 1.54) is 5.56 Å². The normalized spacial score (nSPS) is 19.9. The summed E-state index contributed by atoms with van der Waals surface area (Å²) in [5, 5.41) is 0. The monoisotopic (exact) mass is 365 g/mol. The van der Waals surface area contributed by atoms with Crippen molar-refractivity contribution in [2.45, 2.75) is 39.2 Å². The van der Waals surface area contributed by atoms with Crippen molar-refractivity contribution >= 4 is 5.91 Å². The fourth-order valence-corrected chi connectivity index (χ4v) is 3.95.